The number of benzene rings is 1. The van der Waals surface area contributed by atoms with Gasteiger partial charge in [-0.05, 0) is 94.7 Å². The SMILES string of the molecule is CO[C@@H]1C(C(=O)NCC(=O)Oc2c(C)c(C)c3c(c2C)CCC(C)(CCCC(C)CCCC(C)CCCC(C)C)O3)O[C@@H](O[C@@H]2C(NC(C)=O)[C@H](O[C@@H]3C(C(=O)O)O[C@@H](O[C@@H]4C(NC(C)=O)[C@H](C)OC(CO)[C@H]4O)C(O)[C@H]3O)OC(CO)[C@H]2O)C(O)C1O. The zero-order valence-electron chi connectivity index (χ0n) is 52.8. The summed E-state index contributed by atoms with van der Waals surface area (Å²) in [4.78, 5) is 65.5. The fourth-order valence-electron chi connectivity index (χ4n) is 12.6. The van der Waals surface area contributed by atoms with Crippen molar-refractivity contribution in [3.63, 3.8) is 0 Å². The number of hydrogen-bond donors (Lipinski definition) is 12. The molecule has 0 aliphatic carbocycles. The van der Waals surface area contributed by atoms with Crippen LogP contribution in [0.2, 0.25) is 0 Å². The minimum Gasteiger partial charge on any atom is -0.487 e. The van der Waals surface area contributed by atoms with E-state index in [0.29, 0.717) is 29.2 Å². The van der Waals surface area contributed by atoms with E-state index in [2.05, 4.69) is 50.6 Å². The molecule has 3 amide bonds. The lowest BCUT2D eigenvalue weighted by Gasteiger charge is -2.50. The molecule has 0 saturated carbocycles. The Morgan fingerprint density at radius 2 is 1.14 bits per heavy atom. The van der Waals surface area contributed by atoms with E-state index in [1.54, 1.807) is 0 Å². The predicted molar refractivity (Wildman–Crippen MR) is 310 cm³/mol. The number of ether oxygens (including phenoxy) is 10. The van der Waals surface area contributed by atoms with E-state index in [0.717, 1.165) is 75.4 Å². The maximum Gasteiger partial charge on any atom is 0.335 e. The molecule has 1 aromatic rings. The van der Waals surface area contributed by atoms with Crippen molar-refractivity contribution in [3.05, 3.63) is 22.3 Å². The summed E-state index contributed by atoms with van der Waals surface area (Å²) in [7, 11) is 1.11. The third-order valence-corrected chi connectivity index (χ3v) is 17.9. The van der Waals surface area contributed by atoms with Crippen molar-refractivity contribution in [2.75, 3.05) is 26.9 Å². The summed E-state index contributed by atoms with van der Waals surface area (Å²) >= 11 is 0. The minimum atomic E-state index is -2.27. The predicted octanol–water partition coefficient (Wildman–Crippen LogP) is 0.533. The van der Waals surface area contributed by atoms with Crippen molar-refractivity contribution < 1.29 is 117 Å². The van der Waals surface area contributed by atoms with Gasteiger partial charge >= 0.3 is 11.9 Å². The van der Waals surface area contributed by atoms with Gasteiger partial charge < -0.3 is 109 Å². The molecule has 4 fully saturated rings. The molecule has 88 heavy (non-hydrogen) atoms. The fourth-order valence-corrected chi connectivity index (χ4v) is 12.6. The van der Waals surface area contributed by atoms with Gasteiger partial charge in [-0.1, -0.05) is 72.6 Å². The standard InChI is InChI=1S/C61H99N3O24/c1-27(2)16-13-17-28(3)18-14-19-29(4)20-15-22-61(11)23-21-36-32(7)48(30(5)31(6)49(36)88-61)82-39(69)24-62-56(76)54-52(79-12)44(72)46(74)59(86-54)84-51-41(64-35(10)68)58(81-38(26-66)43(51)71)85-53-45(73)47(75)60(87-55(53)57(77)78)83-50-40(63-34(9)67)33(8)80-37(25-65)42(50)70/h27-29,33,37-38,40-47,50-55,58-60,65-66,70-75H,13-26H2,1-12H3,(H,62,76)(H,63,67)(H,64,68)(H,77,78)/t28?,29?,33-,37?,38?,40?,41?,42+,43+,44?,45+,46?,47?,50+,51+,52-,53-,54?,55?,58-,59+,60+,61?/m0/s1. The van der Waals surface area contributed by atoms with Crippen LogP contribution in [0.3, 0.4) is 0 Å². The summed E-state index contributed by atoms with van der Waals surface area (Å²) in [5.41, 5.74) is 2.74. The summed E-state index contributed by atoms with van der Waals surface area (Å²) in [6, 6.07) is -2.95. The van der Waals surface area contributed by atoms with Gasteiger partial charge in [-0.3, -0.25) is 14.4 Å². The molecule has 5 aliphatic heterocycles. The van der Waals surface area contributed by atoms with Crippen LogP contribution in [0.1, 0.15) is 142 Å². The molecule has 0 spiro atoms. The number of carboxylic acids is 1. The largest absolute Gasteiger partial charge is 0.487 e. The molecule has 0 bridgehead atoms. The van der Waals surface area contributed by atoms with Gasteiger partial charge in [0.1, 0.15) is 103 Å². The van der Waals surface area contributed by atoms with Gasteiger partial charge in [0.05, 0.1) is 25.4 Å². The van der Waals surface area contributed by atoms with E-state index in [1.807, 2.05) is 20.8 Å². The van der Waals surface area contributed by atoms with E-state index >= 15 is 0 Å². The normalized spacial score (nSPS) is 35.7. The average molecular weight is 1260 g/mol. The Bertz CT molecular complexity index is 2490. The molecule has 12 N–H and O–H groups in total. The first-order valence-electron chi connectivity index (χ1n) is 30.9. The second kappa shape index (κ2) is 32.3. The molecular weight excluding hydrogens is 1160 g/mol. The number of carbonyl (C=O) groups excluding carboxylic acids is 4. The maximum absolute atomic E-state index is 14.0. The van der Waals surface area contributed by atoms with Gasteiger partial charge in [0.2, 0.25) is 11.8 Å². The zero-order valence-corrected chi connectivity index (χ0v) is 52.8. The van der Waals surface area contributed by atoms with E-state index in [9.17, 15) is 69.9 Å². The van der Waals surface area contributed by atoms with Gasteiger partial charge in [-0.25, -0.2) is 9.59 Å². The van der Waals surface area contributed by atoms with Crippen LogP contribution in [0.25, 0.3) is 0 Å². The number of rotatable bonds is 28. The van der Waals surface area contributed by atoms with Crippen LogP contribution in [0.5, 0.6) is 11.5 Å². The first-order chi connectivity index (χ1) is 41.4. The third-order valence-electron chi connectivity index (χ3n) is 17.9. The number of carbonyl (C=O) groups is 5. The van der Waals surface area contributed by atoms with Gasteiger partial charge in [0.25, 0.3) is 5.91 Å². The highest BCUT2D eigenvalue weighted by Crippen LogP contribution is 2.45. The number of fused-ring (bicyclic) bond motifs is 1. The van der Waals surface area contributed by atoms with E-state index in [4.69, 9.17) is 47.4 Å². The summed E-state index contributed by atoms with van der Waals surface area (Å²) < 4.78 is 58.9. The molecule has 6 rings (SSSR count). The van der Waals surface area contributed by atoms with Crippen molar-refractivity contribution in [2.24, 2.45) is 17.8 Å². The lowest BCUT2D eigenvalue weighted by molar-refractivity contribution is -0.366. The van der Waals surface area contributed by atoms with Gasteiger partial charge in [-0.2, -0.15) is 0 Å². The molecule has 502 valence electrons. The molecule has 27 heteroatoms. The Balaban J connectivity index is 1.10. The number of esters is 1. The highest BCUT2D eigenvalue weighted by molar-refractivity contribution is 5.86. The Hall–Kier alpha value is -4.27. The first kappa shape index (κ1) is 72.8. The van der Waals surface area contributed by atoms with Crippen LogP contribution in [0.4, 0.5) is 0 Å². The molecule has 23 atom stereocenters. The van der Waals surface area contributed by atoms with Crippen LogP contribution < -0.4 is 25.4 Å². The second-order valence-corrected chi connectivity index (χ2v) is 25.5. The molecule has 4 saturated heterocycles. The number of amides is 3. The number of aliphatic carboxylic acids is 1. The minimum absolute atomic E-state index is 0.309. The highest BCUT2D eigenvalue weighted by atomic mass is 16.8. The van der Waals surface area contributed by atoms with E-state index in [-0.39, 0.29) is 5.60 Å². The number of carboxylic acid groups (broad SMARTS) is 1. The molecule has 5 heterocycles. The quantitative estimate of drug-likeness (QED) is 0.0402. The van der Waals surface area contributed by atoms with Crippen LogP contribution in [-0.4, -0.2) is 231 Å². The number of aliphatic hydroxyl groups excluding tert-OH is 8. The molecular formula is C61H99N3O24. The number of methoxy groups -OCH3 is 1. The molecule has 12 unspecified atom stereocenters. The lowest BCUT2D eigenvalue weighted by Crippen LogP contribution is -2.70. The van der Waals surface area contributed by atoms with Crippen LogP contribution in [-0.2, 0) is 68.3 Å². The smallest absolute Gasteiger partial charge is 0.335 e. The Morgan fingerprint density at radius 3 is 1.68 bits per heavy atom. The highest BCUT2D eigenvalue weighted by Gasteiger charge is 2.58. The third kappa shape index (κ3) is 17.9. The van der Waals surface area contributed by atoms with E-state index < -0.39 is 172 Å². The summed E-state index contributed by atoms with van der Waals surface area (Å²) in [5, 5.41) is 107. The molecule has 0 aromatic heterocycles. The van der Waals surface area contributed by atoms with Crippen LogP contribution in [0.15, 0.2) is 0 Å². The summed E-state index contributed by atoms with van der Waals surface area (Å²) in [6.07, 6.45) is -21.4. The van der Waals surface area contributed by atoms with E-state index in [1.165, 1.54) is 45.4 Å². The second-order valence-electron chi connectivity index (χ2n) is 25.5. The molecule has 0 radical (unpaired) electrons. The van der Waals surface area contributed by atoms with Crippen LogP contribution >= 0.6 is 0 Å². The number of nitrogens with one attached hydrogen (secondary N) is 3. The number of hydrogen-bond acceptors (Lipinski definition) is 23. The van der Waals surface area contributed by atoms with Crippen molar-refractivity contribution in [2.45, 2.75) is 275 Å². The lowest BCUT2D eigenvalue weighted by atomic mass is 9.83. The number of aliphatic hydroxyl groups is 8. The molecule has 5 aliphatic rings. The first-order valence-corrected chi connectivity index (χ1v) is 30.9. The monoisotopic (exact) mass is 1260 g/mol. The Kier molecular flexibility index (Phi) is 26.7. The topological polar surface area (TPSA) is 396 Å². The van der Waals surface area contributed by atoms with Crippen LogP contribution in [0, 0.1) is 38.5 Å². The maximum atomic E-state index is 14.0. The molecule has 1 aromatic carbocycles. The molecule has 27 nitrogen and oxygen atoms in total. The van der Waals surface area contributed by atoms with Crippen molar-refractivity contribution in [3.8, 4) is 11.5 Å². The van der Waals surface area contributed by atoms with Gasteiger partial charge in [-0.15, -0.1) is 0 Å². The van der Waals surface area contributed by atoms with Crippen molar-refractivity contribution in [1.29, 1.82) is 0 Å². The van der Waals surface area contributed by atoms with Crippen molar-refractivity contribution in [1.82, 2.24) is 16.0 Å². The summed E-state index contributed by atoms with van der Waals surface area (Å²) in [6.45, 7) is 18.2. The Labute approximate surface area is 514 Å². The Morgan fingerprint density at radius 1 is 0.625 bits per heavy atom. The summed E-state index contributed by atoms with van der Waals surface area (Å²) in [5.74, 6) is -1.96. The van der Waals surface area contributed by atoms with Crippen molar-refractivity contribution >= 4 is 29.7 Å². The van der Waals surface area contributed by atoms with Gasteiger partial charge in [0, 0.05) is 26.5 Å². The van der Waals surface area contributed by atoms with Gasteiger partial charge in [0.15, 0.2) is 31.1 Å². The zero-order chi connectivity index (χ0) is 65.2. The average Bonchev–Trinajstić information content (AvgIpc) is 1.06. The fraction of sp³-hybridized carbons (Fsp3) is 0.820.